The van der Waals surface area contributed by atoms with Gasteiger partial charge in [-0.05, 0) is 49.1 Å². The molecule has 0 bridgehead atoms. The minimum absolute atomic E-state index is 0.285. The number of anilines is 1. The normalized spacial score (nSPS) is 10.5. The Morgan fingerprint density at radius 3 is 2.23 bits per heavy atom. The molecule has 31 heavy (non-hydrogen) atoms. The molecule has 5 heteroatoms. The van der Waals surface area contributed by atoms with E-state index in [1.807, 2.05) is 12.1 Å². The van der Waals surface area contributed by atoms with Gasteiger partial charge in [0.15, 0.2) is 11.5 Å². The minimum atomic E-state index is -0.285. The lowest BCUT2D eigenvalue weighted by molar-refractivity contribution is 0.0987. The van der Waals surface area contributed by atoms with Crippen molar-refractivity contribution in [3.63, 3.8) is 0 Å². The second-order valence-electron chi connectivity index (χ2n) is 7.37. The molecule has 0 unspecified atom stereocenters. The predicted octanol–water partition coefficient (Wildman–Crippen LogP) is 5.40. The lowest BCUT2D eigenvalue weighted by atomic mass is 10.1. The van der Waals surface area contributed by atoms with Crippen LogP contribution in [0.5, 0.6) is 11.5 Å². The molecule has 5 nitrogen and oxygen atoms in total. The van der Waals surface area contributed by atoms with Crippen LogP contribution in [0.2, 0.25) is 0 Å². The van der Waals surface area contributed by atoms with E-state index >= 15 is 0 Å². The van der Waals surface area contributed by atoms with E-state index in [1.165, 1.54) is 18.4 Å². The second-order valence-corrected chi connectivity index (χ2v) is 7.37. The predicted molar refractivity (Wildman–Crippen MR) is 125 cm³/mol. The van der Waals surface area contributed by atoms with Crippen LogP contribution in [-0.2, 0) is 6.42 Å². The molecule has 0 radical (unpaired) electrons. The van der Waals surface area contributed by atoms with Crippen LogP contribution in [0.15, 0.2) is 78.9 Å². The van der Waals surface area contributed by atoms with Crippen molar-refractivity contribution >= 4 is 11.6 Å². The number of unbranched alkanes of at least 4 members (excludes halogenated alkanes) is 3. The molecule has 3 aromatic carbocycles. The summed E-state index contributed by atoms with van der Waals surface area (Å²) < 4.78 is 11.4. The number of aryl methyl sites for hydroxylation is 1. The van der Waals surface area contributed by atoms with E-state index in [1.54, 1.807) is 49.6 Å². The summed E-state index contributed by atoms with van der Waals surface area (Å²) in [5, 5.41) is 1.12. The summed E-state index contributed by atoms with van der Waals surface area (Å²) in [6.45, 7) is 0.621. The summed E-state index contributed by atoms with van der Waals surface area (Å²) in [7, 11) is 1.58. The van der Waals surface area contributed by atoms with E-state index in [9.17, 15) is 4.79 Å². The number of nitrogens with zero attached hydrogens (tertiary/aromatic N) is 1. The number of ether oxygens (including phenoxy) is 2. The lowest BCUT2D eigenvalue weighted by Gasteiger charge is -2.19. The van der Waals surface area contributed by atoms with E-state index in [2.05, 4.69) is 24.3 Å². The number of nitrogens with two attached hydrogens (primary N) is 1. The first-order valence-electron chi connectivity index (χ1n) is 10.7. The summed E-state index contributed by atoms with van der Waals surface area (Å²) in [5.41, 5.74) is 2.46. The number of carbonyl (C=O) groups excluding carboxylic acids is 1. The molecular weight excluding hydrogens is 388 g/mol. The summed E-state index contributed by atoms with van der Waals surface area (Å²) in [5.74, 6) is 6.96. The first-order chi connectivity index (χ1) is 15.2. The second kappa shape index (κ2) is 11.8. The Hall–Kier alpha value is -3.31. The number of benzene rings is 3. The van der Waals surface area contributed by atoms with Gasteiger partial charge in [0.1, 0.15) is 0 Å². The minimum Gasteiger partial charge on any atom is -0.493 e. The molecular formula is C26H30N2O3. The Balaban J connectivity index is 1.45. The Bertz CT molecular complexity index is 945. The summed E-state index contributed by atoms with van der Waals surface area (Å²) >= 11 is 0. The van der Waals surface area contributed by atoms with Crippen molar-refractivity contribution in [1.29, 1.82) is 0 Å². The van der Waals surface area contributed by atoms with Gasteiger partial charge in [-0.1, -0.05) is 61.4 Å². The number of rotatable bonds is 11. The van der Waals surface area contributed by atoms with Gasteiger partial charge in [0, 0.05) is 11.6 Å². The molecule has 1 amide bonds. The highest BCUT2D eigenvalue weighted by Gasteiger charge is 2.16. The monoisotopic (exact) mass is 418 g/mol. The first kappa shape index (κ1) is 22.4. The highest BCUT2D eigenvalue weighted by molar-refractivity contribution is 6.05. The van der Waals surface area contributed by atoms with Gasteiger partial charge in [0.25, 0.3) is 5.91 Å². The van der Waals surface area contributed by atoms with E-state index in [0.717, 1.165) is 24.3 Å². The number of hydrazine groups is 1. The fourth-order valence-electron chi connectivity index (χ4n) is 3.37. The molecule has 0 saturated heterocycles. The van der Waals surface area contributed by atoms with Crippen LogP contribution in [0.4, 0.5) is 5.69 Å². The van der Waals surface area contributed by atoms with Crippen LogP contribution >= 0.6 is 0 Å². The fourth-order valence-corrected chi connectivity index (χ4v) is 3.37. The molecule has 3 rings (SSSR count). The molecule has 3 aromatic rings. The Morgan fingerprint density at radius 2 is 1.52 bits per heavy atom. The van der Waals surface area contributed by atoms with Crippen LogP contribution < -0.4 is 20.3 Å². The number of amides is 1. The molecule has 0 aliphatic rings. The molecule has 0 saturated carbocycles. The zero-order valence-corrected chi connectivity index (χ0v) is 18.0. The van der Waals surface area contributed by atoms with Crippen molar-refractivity contribution in [2.24, 2.45) is 5.84 Å². The number of carbonyl (C=O) groups is 1. The topological polar surface area (TPSA) is 64.8 Å². The molecule has 162 valence electrons. The maximum absolute atomic E-state index is 12.5. The summed E-state index contributed by atoms with van der Waals surface area (Å²) in [6.07, 6.45) is 5.58. The van der Waals surface area contributed by atoms with Crippen molar-refractivity contribution in [2.45, 2.75) is 32.1 Å². The van der Waals surface area contributed by atoms with Crippen molar-refractivity contribution in [3.8, 4) is 11.5 Å². The van der Waals surface area contributed by atoms with Crippen LogP contribution in [-0.4, -0.2) is 19.6 Å². The average Bonchev–Trinajstić information content (AvgIpc) is 2.83. The van der Waals surface area contributed by atoms with E-state index in [0.29, 0.717) is 29.4 Å². The quantitative estimate of drug-likeness (QED) is 0.196. The van der Waals surface area contributed by atoms with E-state index in [4.69, 9.17) is 15.3 Å². The van der Waals surface area contributed by atoms with Crippen LogP contribution in [0.25, 0.3) is 0 Å². The van der Waals surface area contributed by atoms with Gasteiger partial charge in [-0.25, -0.2) is 10.9 Å². The van der Waals surface area contributed by atoms with Crippen molar-refractivity contribution in [3.05, 3.63) is 90.0 Å². The molecule has 0 heterocycles. The van der Waals surface area contributed by atoms with Crippen molar-refractivity contribution in [2.75, 3.05) is 18.7 Å². The van der Waals surface area contributed by atoms with Gasteiger partial charge in [-0.2, -0.15) is 0 Å². The van der Waals surface area contributed by atoms with Gasteiger partial charge >= 0.3 is 0 Å². The van der Waals surface area contributed by atoms with Crippen LogP contribution in [0, 0.1) is 0 Å². The Labute approximate surface area is 184 Å². The summed E-state index contributed by atoms with van der Waals surface area (Å²) in [4.78, 5) is 12.5. The molecule has 0 aliphatic heterocycles. The van der Waals surface area contributed by atoms with Crippen molar-refractivity contribution < 1.29 is 14.3 Å². The van der Waals surface area contributed by atoms with Crippen molar-refractivity contribution in [1.82, 2.24) is 0 Å². The van der Waals surface area contributed by atoms with Crippen LogP contribution in [0.3, 0.4) is 0 Å². The molecule has 2 N–H and O–H groups in total. The van der Waals surface area contributed by atoms with Gasteiger partial charge in [0.2, 0.25) is 0 Å². The Kier molecular flexibility index (Phi) is 8.49. The average molecular weight is 419 g/mol. The maximum Gasteiger partial charge on any atom is 0.272 e. The third kappa shape index (κ3) is 6.59. The molecule has 0 fully saturated rings. The smallest absolute Gasteiger partial charge is 0.272 e. The number of hydrogen-bond donors (Lipinski definition) is 1. The van der Waals surface area contributed by atoms with E-state index < -0.39 is 0 Å². The van der Waals surface area contributed by atoms with Crippen LogP contribution in [0.1, 0.15) is 41.6 Å². The first-order valence-corrected chi connectivity index (χ1v) is 10.7. The van der Waals surface area contributed by atoms with E-state index in [-0.39, 0.29) is 5.91 Å². The van der Waals surface area contributed by atoms with Gasteiger partial charge in [-0.15, -0.1) is 0 Å². The third-order valence-electron chi connectivity index (χ3n) is 5.13. The number of methoxy groups -OCH3 is 1. The fraction of sp³-hybridized carbons (Fsp3) is 0.269. The zero-order chi connectivity index (χ0) is 21.9. The standard InChI is InChI=1S/C26H30N2O3/c1-30-25-20-23(28(27)26(29)22-15-9-5-10-16-22)17-18-24(25)31-19-11-3-2-6-12-21-13-7-4-8-14-21/h4-5,7-10,13-18,20H,2-3,6,11-12,19,27H2,1H3. The largest absolute Gasteiger partial charge is 0.493 e. The Morgan fingerprint density at radius 1 is 0.839 bits per heavy atom. The lowest BCUT2D eigenvalue weighted by Crippen LogP contribution is -2.37. The highest BCUT2D eigenvalue weighted by Crippen LogP contribution is 2.31. The highest BCUT2D eigenvalue weighted by atomic mass is 16.5. The van der Waals surface area contributed by atoms with Gasteiger partial charge < -0.3 is 9.47 Å². The molecule has 0 spiro atoms. The third-order valence-corrected chi connectivity index (χ3v) is 5.13. The zero-order valence-electron chi connectivity index (χ0n) is 18.0. The molecule has 0 aromatic heterocycles. The summed E-state index contributed by atoms with van der Waals surface area (Å²) in [6, 6.07) is 24.8. The molecule has 0 atom stereocenters. The SMILES string of the molecule is COc1cc(N(N)C(=O)c2ccccc2)ccc1OCCCCCCc1ccccc1. The van der Waals surface area contributed by atoms with Gasteiger partial charge in [-0.3, -0.25) is 4.79 Å². The molecule has 0 aliphatic carbocycles. The van der Waals surface area contributed by atoms with Gasteiger partial charge in [0.05, 0.1) is 19.4 Å². The number of hydrogen-bond acceptors (Lipinski definition) is 4. The maximum atomic E-state index is 12.5.